The van der Waals surface area contributed by atoms with Crippen molar-refractivity contribution in [2.24, 2.45) is 0 Å². The first-order valence-electron chi connectivity index (χ1n) is 5.79. The van der Waals surface area contributed by atoms with Crippen LogP contribution in [0.25, 0.3) is 0 Å². The van der Waals surface area contributed by atoms with E-state index < -0.39 is 0 Å². The van der Waals surface area contributed by atoms with Crippen LogP contribution in [-0.2, 0) is 6.54 Å². The number of rotatable bonds is 3. The number of hydrogen-bond donors (Lipinski definition) is 3. The van der Waals surface area contributed by atoms with E-state index in [2.05, 4.69) is 22.1 Å². The Morgan fingerprint density at radius 1 is 1.50 bits per heavy atom. The number of thiophene rings is 1. The second kappa shape index (κ2) is 6.70. The van der Waals surface area contributed by atoms with Crippen molar-refractivity contribution in [3.05, 3.63) is 45.9 Å². The zero-order chi connectivity index (χ0) is 14.4. The first kappa shape index (κ1) is 14.1. The lowest BCUT2D eigenvalue weighted by Gasteiger charge is -2.04. The SMILES string of the molecule is O=C(NCc1cc(C#CCO)cs1)c1ccncc1O. The number of amides is 1. The van der Waals surface area contributed by atoms with Gasteiger partial charge >= 0.3 is 0 Å². The van der Waals surface area contributed by atoms with Crippen LogP contribution >= 0.6 is 11.3 Å². The predicted molar refractivity (Wildman–Crippen MR) is 75.4 cm³/mol. The van der Waals surface area contributed by atoms with Crippen LogP contribution in [0, 0.1) is 11.8 Å². The summed E-state index contributed by atoms with van der Waals surface area (Å²) in [5.74, 6) is 4.85. The summed E-state index contributed by atoms with van der Waals surface area (Å²) in [6.07, 6.45) is 2.67. The molecule has 0 spiro atoms. The molecule has 20 heavy (non-hydrogen) atoms. The van der Waals surface area contributed by atoms with Crippen molar-refractivity contribution in [2.45, 2.75) is 6.54 Å². The van der Waals surface area contributed by atoms with Gasteiger partial charge in [-0.3, -0.25) is 9.78 Å². The van der Waals surface area contributed by atoms with Crippen molar-refractivity contribution in [3.63, 3.8) is 0 Å². The van der Waals surface area contributed by atoms with E-state index in [1.807, 2.05) is 11.4 Å². The summed E-state index contributed by atoms with van der Waals surface area (Å²) in [6, 6.07) is 3.30. The number of carbonyl (C=O) groups excluding carboxylic acids is 1. The molecule has 0 aliphatic heterocycles. The highest BCUT2D eigenvalue weighted by atomic mass is 32.1. The summed E-state index contributed by atoms with van der Waals surface area (Å²) in [4.78, 5) is 16.5. The highest BCUT2D eigenvalue weighted by Crippen LogP contribution is 2.16. The second-order valence-electron chi connectivity index (χ2n) is 3.84. The Morgan fingerprint density at radius 2 is 2.35 bits per heavy atom. The minimum Gasteiger partial charge on any atom is -0.505 e. The van der Waals surface area contributed by atoms with Crippen molar-refractivity contribution in [1.82, 2.24) is 10.3 Å². The monoisotopic (exact) mass is 288 g/mol. The van der Waals surface area contributed by atoms with Gasteiger partial charge in [-0.05, 0) is 12.1 Å². The minimum absolute atomic E-state index is 0.148. The summed E-state index contributed by atoms with van der Waals surface area (Å²) < 4.78 is 0. The van der Waals surface area contributed by atoms with Crippen molar-refractivity contribution >= 4 is 17.2 Å². The topological polar surface area (TPSA) is 82.5 Å². The van der Waals surface area contributed by atoms with Gasteiger partial charge in [0.2, 0.25) is 0 Å². The maximum atomic E-state index is 11.9. The van der Waals surface area contributed by atoms with Gasteiger partial charge in [0, 0.05) is 22.0 Å². The fourth-order valence-electron chi connectivity index (χ4n) is 1.52. The van der Waals surface area contributed by atoms with Crippen molar-refractivity contribution in [1.29, 1.82) is 0 Å². The first-order chi connectivity index (χ1) is 9.70. The third kappa shape index (κ3) is 3.57. The fourth-order valence-corrected chi connectivity index (χ4v) is 2.28. The van der Waals surface area contributed by atoms with E-state index in [1.165, 1.54) is 29.8 Å². The van der Waals surface area contributed by atoms with Gasteiger partial charge in [-0.15, -0.1) is 11.3 Å². The van der Waals surface area contributed by atoms with Crippen LogP contribution in [0.2, 0.25) is 0 Å². The summed E-state index contributed by atoms with van der Waals surface area (Å²) in [5.41, 5.74) is 0.997. The van der Waals surface area contributed by atoms with E-state index in [0.29, 0.717) is 6.54 Å². The second-order valence-corrected chi connectivity index (χ2v) is 4.83. The van der Waals surface area contributed by atoms with Gasteiger partial charge in [-0.25, -0.2) is 0 Å². The number of aliphatic hydroxyl groups excluding tert-OH is 1. The number of hydrogen-bond acceptors (Lipinski definition) is 5. The van der Waals surface area contributed by atoms with Gasteiger partial charge < -0.3 is 15.5 Å². The highest BCUT2D eigenvalue weighted by molar-refractivity contribution is 7.10. The molecule has 0 radical (unpaired) electrons. The highest BCUT2D eigenvalue weighted by Gasteiger charge is 2.10. The quantitative estimate of drug-likeness (QED) is 0.739. The number of aliphatic hydroxyl groups is 1. The zero-order valence-electron chi connectivity index (χ0n) is 10.5. The van der Waals surface area contributed by atoms with E-state index >= 15 is 0 Å². The standard InChI is InChI=1S/C14H12N2O3S/c17-5-1-2-10-6-11(20-9-10)7-16-14(19)12-3-4-15-8-13(12)18/h3-4,6,8-9,17-18H,5,7H2,(H,16,19). The lowest BCUT2D eigenvalue weighted by Crippen LogP contribution is -2.22. The molecule has 0 saturated heterocycles. The van der Waals surface area contributed by atoms with Crippen LogP contribution in [0.15, 0.2) is 29.9 Å². The lowest BCUT2D eigenvalue weighted by atomic mass is 10.2. The van der Waals surface area contributed by atoms with E-state index in [0.717, 1.165) is 10.4 Å². The van der Waals surface area contributed by atoms with Crippen molar-refractivity contribution in [3.8, 4) is 17.6 Å². The molecule has 102 valence electrons. The number of aromatic nitrogens is 1. The molecule has 2 heterocycles. The van der Waals surface area contributed by atoms with Crippen LogP contribution in [0.3, 0.4) is 0 Å². The van der Waals surface area contributed by atoms with Gasteiger partial charge in [0.05, 0.1) is 18.3 Å². The smallest absolute Gasteiger partial charge is 0.255 e. The van der Waals surface area contributed by atoms with Gasteiger partial charge in [0.15, 0.2) is 0 Å². The molecule has 0 unspecified atom stereocenters. The Hall–Kier alpha value is -2.36. The molecule has 0 aliphatic rings. The molecule has 2 aromatic rings. The Labute approximate surface area is 119 Å². The molecule has 0 fully saturated rings. The summed E-state index contributed by atoms with van der Waals surface area (Å²) >= 11 is 1.47. The number of nitrogens with zero attached hydrogens (tertiary/aromatic N) is 1. The molecule has 3 N–H and O–H groups in total. The maximum absolute atomic E-state index is 11.9. The van der Waals surface area contributed by atoms with E-state index in [4.69, 9.17) is 5.11 Å². The first-order valence-corrected chi connectivity index (χ1v) is 6.67. The molecule has 1 amide bonds. The molecule has 0 aromatic carbocycles. The van der Waals surface area contributed by atoms with Gasteiger partial charge in [0.25, 0.3) is 5.91 Å². The van der Waals surface area contributed by atoms with Crippen LogP contribution in [-0.4, -0.2) is 27.7 Å². The van der Waals surface area contributed by atoms with Crippen molar-refractivity contribution in [2.75, 3.05) is 6.61 Å². The third-order valence-electron chi connectivity index (χ3n) is 2.43. The molecule has 0 saturated carbocycles. The molecule has 2 rings (SSSR count). The number of aromatic hydroxyl groups is 1. The molecule has 0 atom stereocenters. The maximum Gasteiger partial charge on any atom is 0.255 e. The average Bonchev–Trinajstić information content (AvgIpc) is 2.91. The molecular weight excluding hydrogens is 276 g/mol. The summed E-state index contributed by atoms with van der Waals surface area (Å²) in [5, 5.41) is 22.7. The van der Waals surface area contributed by atoms with Gasteiger partial charge in [-0.2, -0.15) is 0 Å². The lowest BCUT2D eigenvalue weighted by molar-refractivity contribution is 0.0948. The largest absolute Gasteiger partial charge is 0.505 e. The van der Waals surface area contributed by atoms with Crippen molar-refractivity contribution < 1.29 is 15.0 Å². The van der Waals surface area contributed by atoms with Gasteiger partial charge in [0.1, 0.15) is 12.4 Å². The zero-order valence-corrected chi connectivity index (χ0v) is 11.3. The number of nitrogens with one attached hydrogen (secondary N) is 1. The van der Waals surface area contributed by atoms with Crippen LogP contribution in [0.5, 0.6) is 5.75 Å². The minimum atomic E-state index is -0.360. The Bertz CT molecular complexity index is 670. The predicted octanol–water partition coefficient (Wildman–Crippen LogP) is 1.12. The molecular formula is C14H12N2O3S. The fraction of sp³-hybridized carbons (Fsp3) is 0.143. The van der Waals surface area contributed by atoms with E-state index in [1.54, 1.807) is 0 Å². The molecule has 2 aromatic heterocycles. The average molecular weight is 288 g/mol. The van der Waals surface area contributed by atoms with Gasteiger partial charge in [-0.1, -0.05) is 11.8 Å². The third-order valence-corrected chi connectivity index (χ3v) is 3.37. The number of carbonyl (C=O) groups is 1. The van der Waals surface area contributed by atoms with E-state index in [9.17, 15) is 9.90 Å². The molecule has 5 nitrogen and oxygen atoms in total. The van der Waals surface area contributed by atoms with E-state index in [-0.39, 0.29) is 23.8 Å². The Morgan fingerprint density at radius 3 is 3.10 bits per heavy atom. The summed E-state index contributed by atoms with van der Waals surface area (Å²) in [6.45, 7) is 0.176. The Balaban J connectivity index is 1.97. The summed E-state index contributed by atoms with van der Waals surface area (Å²) in [7, 11) is 0. The van der Waals surface area contributed by atoms with Crippen LogP contribution in [0.4, 0.5) is 0 Å². The van der Waals surface area contributed by atoms with Crippen LogP contribution in [0.1, 0.15) is 20.8 Å². The molecule has 0 bridgehead atoms. The van der Waals surface area contributed by atoms with Crippen LogP contribution < -0.4 is 5.32 Å². The Kier molecular flexibility index (Phi) is 4.71. The normalized spacial score (nSPS) is 9.65. The number of pyridine rings is 1. The molecule has 0 aliphatic carbocycles. The molecule has 6 heteroatoms.